The number of ether oxygens (including phenoxy) is 1. The van der Waals surface area contributed by atoms with Crippen molar-refractivity contribution in [2.24, 2.45) is 7.05 Å². The summed E-state index contributed by atoms with van der Waals surface area (Å²) in [4.78, 5) is 13.9. The molecule has 1 aliphatic heterocycles. The van der Waals surface area contributed by atoms with Crippen LogP contribution < -0.4 is 4.74 Å². The van der Waals surface area contributed by atoms with Crippen molar-refractivity contribution in [1.82, 2.24) is 14.7 Å². The summed E-state index contributed by atoms with van der Waals surface area (Å²) in [7, 11) is 3.26. The molecule has 0 bridgehead atoms. The van der Waals surface area contributed by atoms with Gasteiger partial charge in [-0.15, -0.1) is 0 Å². The fourth-order valence-electron chi connectivity index (χ4n) is 4.82. The second-order valence-electron chi connectivity index (χ2n) is 9.52. The van der Waals surface area contributed by atoms with Crippen LogP contribution in [0.1, 0.15) is 29.8 Å². The van der Waals surface area contributed by atoms with Gasteiger partial charge >= 0.3 is 6.18 Å². The van der Waals surface area contributed by atoms with Gasteiger partial charge in [-0.3, -0.25) is 9.48 Å². The molecular formula is C26H24F3N3O3. The molecule has 1 amide bonds. The Hall–Kier alpha value is -3.75. The Bertz CT molecular complexity index is 1450. The SMILES string of the molecule is COc1cc(-c2coc3cc(-c4cnn(C)c4)ccc23)cc2c1C(=O)N(CC(F)(F)F)CC2(C)C. The average Bonchev–Trinajstić information content (AvgIpc) is 3.41. The number of furan rings is 1. The number of carbonyl (C=O) groups excluding carboxylic acids is 1. The fraction of sp³-hybridized carbons (Fsp3) is 0.308. The minimum absolute atomic E-state index is 0.0500. The first-order valence-electron chi connectivity index (χ1n) is 11.1. The summed E-state index contributed by atoms with van der Waals surface area (Å²) in [5, 5.41) is 5.08. The summed E-state index contributed by atoms with van der Waals surface area (Å²) in [6.07, 6.45) is 0.855. The van der Waals surface area contributed by atoms with Crippen LogP contribution in [0.15, 0.2) is 53.4 Å². The number of rotatable bonds is 4. The first-order chi connectivity index (χ1) is 16.5. The summed E-state index contributed by atoms with van der Waals surface area (Å²) >= 11 is 0. The average molecular weight is 483 g/mol. The molecule has 0 N–H and O–H groups in total. The van der Waals surface area contributed by atoms with Crippen molar-refractivity contribution in [3.8, 4) is 28.0 Å². The van der Waals surface area contributed by atoms with Gasteiger partial charge in [-0.05, 0) is 41.0 Å². The number of hydrogen-bond acceptors (Lipinski definition) is 4. The number of aryl methyl sites for hydroxylation is 1. The van der Waals surface area contributed by atoms with Crippen LogP contribution in [-0.2, 0) is 12.5 Å². The third kappa shape index (κ3) is 4.05. The van der Waals surface area contributed by atoms with Crippen LogP contribution in [0.5, 0.6) is 5.75 Å². The highest BCUT2D eigenvalue weighted by molar-refractivity contribution is 6.02. The lowest BCUT2D eigenvalue weighted by Crippen LogP contribution is -2.50. The monoisotopic (exact) mass is 483 g/mol. The molecule has 3 heterocycles. The predicted octanol–water partition coefficient (Wildman–Crippen LogP) is 5.80. The summed E-state index contributed by atoms with van der Waals surface area (Å²) in [6, 6.07) is 9.43. The Balaban J connectivity index is 1.61. The number of halogens is 3. The molecule has 0 radical (unpaired) electrons. The highest BCUT2D eigenvalue weighted by atomic mass is 19.4. The molecule has 35 heavy (non-hydrogen) atoms. The Morgan fingerprint density at radius 1 is 1.14 bits per heavy atom. The van der Waals surface area contributed by atoms with Gasteiger partial charge in [-0.1, -0.05) is 19.9 Å². The standard InChI is InChI=1S/C26H24F3N3O3/c1-25(2)13-32(14-26(27,28)29)24(33)23-20(25)7-16(9-22(23)34-4)19-12-35-21-8-15(5-6-18(19)21)17-10-30-31(3)11-17/h5-12H,13-14H2,1-4H3. The third-order valence-corrected chi connectivity index (χ3v) is 6.43. The van der Waals surface area contributed by atoms with Crippen molar-refractivity contribution in [1.29, 1.82) is 0 Å². The van der Waals surface area contributed by atoms with E-state index in [0.717, 1.165) is 32.5 Å². The molecule has 2 aromatic carbocycles. The molecule has 0 unspecified atom stereocenters. The molecule has 0 saturated carbocycles. The Morgan fingerprint density at radius 3 is 2.57 bits per heavy atom. The molecule has 0 fully saturated rings. The van der Waals surface area contributed by atoms with E-state index in [4.69, 9.17) is 9.15 Å². The van der Waals surface area contributed by atoms with E-state index in [9.17, 15) is 18.0 Å². The number of carbonyl (C=O) groups is 1. The predicted molar refractivity (Wildman–Crippen MR) is 125 cm³/mol. The maximum Gasteiger partial charge on any atom is 0.406 e. The number of nitrogens with zero attached hydrogens (tertiary/aromatic N) is 3. The zero-order chi connectivity index (χ0) is 25.1. The summed E-state index contributed by atoms with van der Waals surface area (Å²) in [6.45, 7) is 2.31. The topological polar surface area (TPSA) is 60.5 Å². The second-order valence-corrected chi connectivity index (χ2v) is 9.52. The van der Waals surface area contributed by atoms with E-state index in [-0.39, 0.29) is 17.9 Å². The zero-order valence-corrected chi connectivity index (χ0v) is 19.7. The van der Waals surface area contributed by atoms with Crippen LogP contribution in [0.3, 0.4) is 0 Å². The lowest BCUT2D eigenvalue weighted by atomic mass is 9.76. The molecule has 0 aliphatic carbocycles. The molecule has 0 atom stereocenters. The summed E-state index contributed by atoms with van der Waals surface area (Å²) in [5.74, 6) is -0.443. The molecule has 6 nitrogen and oxygen atoms in total. The molecule has 5 rings (SSSR count). The number of amides is 1. The van der Waals surface area contributed by atoms with Gasteiger partial charge in [0.2, 0.25) is 0 Å². The minimum Gasteiger partial charge on any atom is -0.496 e. The van der Waals surface area contributed by atoms with Gasteiger partial charge in [0, 0.05) is 41.7 Å². The smallest absolute Gasteiger partial charge is 0.406 e. The van der Waals surface area contributed by atoms with Crippen LogP contribution in [0.4, 0.5) is 13.2 Å². The van der Waals surface area contributed by atoms with Crippen molar-refractivity contribution >= 4 is 16.9 Å². The number of hydrogen-bond donors (Lipinski definition) is 0. The van der Waals surface area contributed by atoms with Crippen molar-refractivity contribution in [2.75, 3.05) is 20.2 Å². The molecule has 1 aliphatic rings. The first kappa shape index (κ1) is 23.0. The molecule has 182 valence electrons. The number of alkyl halides is 3. The number of aromatic nitrogens is 2. The van der Waals surface area contributed by atoms with Crippen molar-refractivity contribution in [2.45, 2.75) is 25.4 Å². The van der Waals surface area contributed by atoms with Crippen LogP contribution in [0.25, 0.3) is 33.2 Å². The van der Waals surface area contributed by atoms with E-state index >= 15 is 0 Å². The van der Waals surface area contributed by atoms with E-state index in [2.05, 4.69) is 5.10 Å². The maximum atomic E-state index is 13.1. The van der Waals surface area contributed by atoms with Gasteiger partial charge in [-0.2, -0.15) is 18.3 Å². The fourth-order valence-corrected chi connectivity index (χ4v) is 4.82. The molecular weight excluding hydrogens is 459 g/mol. The summed E-state index contributed by atoms with van der Waals surface area (Å²) < 4.78 is 52.5. The molecule has 0 saturated heterocycles. The molecule has 9 heteroatoms. The quantitative estimate of drug-likeness (QED) is 0.368. The Kier molecular flexibility index (Phi) is 5.19. The van der Waals surface area contributed by atoms with E-state index < -0.39 is 24.0 Å². The van der Waals surface area contributed by atoms with Gasteiger partial charge in [0.25, 0.3) is 5.91 Å². The number of fused-ring (bicyclic) bond motifs is 2. The van der Waals surface area contributed by atoms with Gasteiger partial charge < -0.3 is 14.1 Å². The van der Waals surface area contributed by atoms with E-state index in [1.807, 2.05) is 51.4 Å². The lowest BCUT2D eigenvalue weighted by Gasteiger charge is -2.40. The van der Waals surface area contributed by atoms with E-state index in [1.165, 1.54) is 7.11 Å². The van der Waals surface area contributed by atoms with E-state index in [1.54, 1.807) is 23.2 Å². The highest BCUT2D eigenvalue weighted by Gasteiger charge is 2.43. The summed E-state index contributed by atoms with van der Waals surface area (Å²) in [5.41, 5.74) is 4.28. The highest BCUT2D eigenvalue weighted by Crippen LogP contribution is 2.43. The van der Waals surface area contributed by atoms with Gasteiger partial charge in [0.1, 0.15) is 17.9 Å². The van der Waals surface area contributed by atoms with Crippen molar-refractivity contribution < 1.29 is 27.1 Å². The minimum atomic E-state index is -4.49. The van der Waals surface area contributed by atoms with E-state index in [0.29, 0.717) is 11.1 Å². The largest absolute Gasteiger partial charge is 0.496 e. The number of benzene rings is 2. The van der Waals surface area contributed by atoms with Crippen LogP contribution in [0, 0.1) is 0 Å². The van der Waals surface area contributed by atoms with Gasteiger partial charge in [0.05, 0.1) is 25.1 Å². The van der Waals surface area contributed by atoms with Crippen molar-refractivity contribution in [3.63, 3.8) is 0 Å². The maximum absolute atomic E-state index is 13.1. The normalized spacial score (nSPS) is 15.5. The Morgan fingerprint density at radius 2 is 1.91 bits per heavy atom. The van der Waals surface area contributed by atoms with Gasteiger partial charge in [-0.25, -0.2) is 0 Å². The Labute approximate surface area is 199 Å². The third-order valence-electron chi connectivity index (χ3n) is 6.43. The number of methoxy groups -OCH3 is 1. The van der Waals surface area contributed by atoms with Crippen molar-refractivity contribution in [3.05, 3.63) is 60.1 Å². The first-order valence-corrected chi connectivity index (χ1v) is 11.1. The molecule has 4 aromatic rings. The zero-order valence-electron chi connectivity index (χ0n) is 19.7. The molecule has 0 spiro atoms. The second kappa shape index (κ2) is 7.90. The van der Waals surface area contributed by atoms with Crippen LogP contribution in [0.2, 0.25) is 0 Å². The van der Waals surface area contributed by atoms with Gasteiger partial charge in [0.15, 0.2) is 0 Å². The van der Waals surface area contributed by atoms with Crippen LogP contribution >= 0.6 is 0 Å². The lowest BCUT2D eigenvalue weighted by molar-refractivity contribution is -0.142. The molecule has 2 aromatic heterocycles. The van der Waals surface area contributed by atoms with Crippen LogP contribution in [-0.4, -0.2) is 47.0 Å².